The number of ether oxygens (including phenoxy) is 1. The third kappa shape index (κ3) is 2.33. The lowest BCUT2D eigenvalue weighted by Gasteiger charge is -2.17. The van der Waals surface area contributed by atoms with Crippen molar-refractivity contribution >= 4 is 29.0 Å². The second-order valence-corrected chi connectivity index (χ2v) is 4.36. The number of rotatable bonds is 3. The van der Waals surface area contributed by atoms with E-state index in [1.54, 1.807) is 13.0 Å². The van der Waals surface area contributed by atoms with Crippen LogP contribution >= 0.6 is 11.8 Å². The summed E-state index contributed by atoms with van der Waals surface area (Å²) in [5, 5.41) is 13.4. The number of nitrogens with one attached hydrogen (secondary N) is 1. The van der Waals surface area contributed by atoms with Gasteiger partial charge in [0.2, 0.25) is 5.91 Å². The van der Waals surface area contributed by atoms with Crippen LogP contribution in [-0.2, 0) is 4.79 Å². The first-order valence-electron chi connectivity index (χ1n) is 4.99. The highest BCUT2D eigenvalue weighted by Gasteiger charge is 2.26. The summed E-state index contributed by atoms with van der Waals surface area (Å²) in [6.07, 6.45) is 0. The third-order valence-corrected chi connectivity index (χ3v) is 3.23. The SMILES string of the molecule is CCOc1cc2c(c([N+](=O)[O-])c1)NC(=O)CS2. The molecule has 17 heavy (non-hydrogen) atoms. The van der Waals surface area contributed by atoms with Gasteiger partial charge < -0.3 is 10.1 Å². The fraction of sp³-hybridized carbons (Fsp3) is 0.300. The highest BCUT2D eigenvalue weighted by Crippen LogP contribution is 2.41. The van der Waals surface area contributed by atoms with Gasteiger partial charge in [0.25, 0.3) is 5.69 Å². The zero-order valence-electron chi connectivity index (χ0n) is 9.06. The first kappa shape index (κ1) is 11.7. The predicted octanol–water partition coefficient (Wildman–Crippen LogP) is 2.04. The predicted molar refractivity (Wildman–Crippen MR) is 63.6 cm³/mol. The molecule has 0 fully saturated rings. The Morgan fingerprint density at radius 3 is 3.00 bits per heavy atom. The number of hydrogen-bond acceptors (Lipinski definition) is 5. The molecule has 0 saturated carbocycles. The molecule has 0 atom stereocenters. The van der Waals surface area contributed by atoms with Crippen molar-refractivity contribution < 1.29 is 14.5 Å². The molecular formula is C10H10N2O4S. The monoisotopic (exact) mass is 254 g/mol. The fourth-order valence-electron chi connectivity index (χ4n) is 1.53. The lowest BCUT2D eigenvalue weighted by molar-refractivity contribution is -0.384. The summed E-state index contributed by atoms with van der Waals surface area (Å²) in [5.41, 5.74) is 0.131. The van der Waals surface area contributed by atoms with Gasteiger partial charge in [-0.05, 0) is 13.0 Å². The number of nitro benzene ring substituents is 1. The molecule has 0 unspecified atom stereocenters. The van der Waals surface area contributed by atoms with Gasteiger partial charge in [0.05, 0.1) is 23.3 Å². The minimum absolute atomic E-state index is 0.133. The second kappa shape index (κ2) is 4.62. The number of hydrogen-bond donors (Lipinski definition) is 1. The number of carbonyl (C=O) groups is 1. The Labute approximate surface area is 101 Å². The standard InChI is InChI=1S/C10H10N2O4S/c1-2-16-6-3-7(12(14)15)10-8(4-6)17-5-9(13)11-10/h3-4H,2,5H2,1H3,(H,11,13). The number of benzene rings is 1. The van der Waals surface area contributed by atoms with Crippen LogP contribution in [0.25, 0.3) is 0 Å². The van der Waals surface area contributed by atoms with E-state index in [0.29, 0.717) is 17.3 Å². The van der Waals surface area contributed by atoms with Gasteiger partial charge in [-0.2, -0.15) is 0 Å². The molecule has 1 aromatic carbocycles. The molecule has 0 aromatic heterocycles. The zero-order chi connectivity index (χ0) is 12.4. The van der Waals surface area contributed by atoms with Crippen LogP contribution in [-0.4, -0.2) is 23.2 Å². The first-order chi connectivity index (χ1) is 8.11. The molecule has 1 heterocycles. The smallest absolute Gasteiger partial charge is 0.297 e. The molecule has 1 aliphatic heterocycles. The van der Waals surface area contributed by atoms with Gasteiger partial charge in [0, 0.05) is 4.90 Å². The lowest BCUT2D eigenvalue weighted by atomic mass is 10.2. The normalized spacial score (nSPS) is 13.8. The Kier molecular flexibility index (Phi) is 3.19. The number of nitrogens with zero attached hydrogens (tertiary/aromatic N) is 1. The molecule has 1 aliphatic rings. The van der Waals surface area contributed by atoms with Gasteiger partial charge in [-0.1, -0.05) is 0 Å². The van der Waals surface area contributed by atoms with E-state index in [2.05, 4.69) is 5.32 Å². The van der Waals surface area contributed by atoms with Crippen molar-refractivity contribution in [1.82, 2.24) is 0 Å². The molecule has 6 nitrogen and oxygen atoms in total. The van der Waals surface area contributed by atoms with Crippen LogP contribution in [0, 0.1) is 10.1 Å². The number of amides is 1. The van der Waals surface area contributed by atoms with Crippen LogP contribution < -0.4 is 10.1 Å². The summed E-state index contributed by atoms with van der Waals surface area (Å²) in [4.78, 5) is 22.3. The van der Waals surface area contributed by atoms with Crippen LogP contribution in [0.2, 0.25) is 0 Å². The number of nitro groups is 1. The minimum Gasteiger partial charge on any atom is -0.494 e. The van der Waals surface area contributed by atoms with Crippen LogP contribution in [0.4, 0.5) is 11.4 Å². The summed E-state index contributed by atoms with van der Waals surface area (Å²) < 4.78 is 5.26. The van der Waals surface area contributed by atoms with Gasteiger partial charge in [-0.15, -0.1) is 11.8 Å². The van der Waals surface area contributed by atoms with Crippen LogP contribution in [0.5, 0.6) is 5.75 Å². The Morgan fingerprint density at radius 1 is 1.59 bits per heavy atom. The molecule has 2 rings (SSSR count). The molecule has 1 N–H and O–H groups in total. The summed E-state index contributed by atoms with van der Waals surface area (Å²) in [6, 6.07) is 3.03. The molecule has 1 aromatic rings. The van der Waals surface area contributed by atoms with Crippen LogP contribution in [0.15, 0.2) is 17.0 Å². The number of fused-ring (bicyclic) bond motifs is 1. The average molecular weight is 254 g/mol. The van der Waals surface area contributed by atoms with Gasteiger partial charge in [0.1, 0.15) is 11.4 Å². The lowest BCUT2D eigenvalue weighted by Crippen LogP contribution is -2.19. The Bertz CT molecular complexity index is 489. The van der Waals surface area contributed by atoms with Crippen molar-refractivity contribution in [3.63, 3.8) is 0 Å². The summed E-state index contributed by atoms with van der Waals surface area (Å²) >= 11 is 1.27. The highest BCUT2D eigenvalue weighted by atomic mass is 32.2. The van der Waals surface area contributed by atoms with Crippen molar-refractivity contribution in [1.29, 1.82) is 0 Å². The van der Waals surface area contributed by atoms with E-state index >= 15 is 0 Å². The van der Waals surface area contributed by atoms with Crippen molar-refractivity contribution in [2.24, 2.45) is 0 Å². The number of thioether (sulfide) groups is 1. The van der Waals surface area contributed by atoms with Crippen molar-refractivity contribution in [3.8, 4) is 5.75 Å². The minimum atomic E-state index is -0.520. The van der Waals surface area contributed by atoms with Gasteiger partial charge in [0.15, 0.2) is 0 Å². The second-order valence-electron chi connectivity index (χ2n) is 3.34. The van der Waals surface area contributed by atoms with Crippen LogP contribution in [0.3, 0.4) is 0 Å². The first-order valence-corrected chi connectivity index (χ1v) is 5.98. The maximum atomic E-state index is 11.2. The Balaban J connectivity index is 2.51. The van der Waals surface area contributed by atoms with E-state index in [4.69, 9.17) is 4.74 Å². The van der Waals surface area contributed by atoms with E-state index in [9.17, 15) is 14.9 Å². The molecule has 0 bridgehead atoms. The van der Waals surface area contributed by atoms with Gasteiger partial charge in [-0.25, -0.2) is 0 Å². The number of carbonyl (C=O) groups excluding carboxylic acids is 1. The van der Waals surface area contributed by atoms with Gasteiger partial charge >= 0.3 is 0 Å². The van der Waals surface area contributed by atoms with E-state index in [1.165, 1.54) is 17.8 Å². The maximum Gasteiger partial charge on any atom is 0.297 e. The highest BCUT2D eigenvalue weighted by molar-refractivity contribution is 8.00. The van der Waals surface area contributed by atoms with Crippen molar-refractivity contribution in [2.75, 3.05) is 17.7 Å². The van der Waals surface area contributed by atoms with E-state index < -0.39 is 4.92 Å². The molecule has 0 radical (unpaired) electrons. The van der Waals surface area contributed by atoms with Crippen molar-refractivity contribution in [2.45, 2.75) is 11.8 Å². The van der Waals surface area contributed by atoms with Gasteiger partial charge in [-0.3, -0.25) is 14.9 Å². The fourth-order valence-corrected chi connectivity index (χ4v) is 2.39. The largest absolute Gasteiger partial charge is 0.494 e. The number of anilines is 1. The molecule has 0 saturated heterocycles. The molecule has 0 aliphatic carbocycles. The van der Waals surface area contributed by atoms with E-state index in [0.717, 1.165) is 0 Å². The summed E-state index contributed by atoms with van der Waals surface area (Å²) in [5.74, 6) is 0.482. The quantitative estimate of drug-likeness (QED) is 0.659. The Morgan fingerprint density at radius 2 is 2.35 bits per heavy atom. The van der Waals surface area contributed by atoms with E-state index in [1.807, 2.05) is 0 Å². The molecule has 0 spiro atoms. The molecular weight excluding hydrogens is 244 g/mol. The van der Waals surface area contributed by atoms with Crippen LogP contribution in [0.1, 0.15) is 6.92 Å². The van der Waals surface area contributed by atoms with E-state index in [-0.39, 0.29) is 23.0 Å². The van der Waals surface area contributed by atoms with Crippen molar-refractivity contribution in [3.05, 3.63) is 22.2 Å². The molecule has 1 amide bonds. The summed E-state index contributed by atoms with van der Waals surface area (Å²) in [6.45, 7) is 2.24. The Hall–Kier alpha value is -1.76. The maximum absolute atomic E-state index is 11.2. The third-order valence-electron chi connectivity index (χ3n) is 2.19. The molecule has 7 heteroatoms. The average Bonchev–Trinajstić information content (AvgIpc) is 2.28. The topological polar surface area (TPSA) is 81.5 Å². The summed E-state index contributed by atoms with van der Waals surface area (Å²) in [7, 11) is 0. The zero-order valence-corrected chi connectivity index (χ0v) is 9.87. The molecule has 90 valence electrons.